The van der Waals surface area contributed by atoms with Gasteiger partial charge in [-0.3, -0.25) is 0 Å². The lowest BCUT2D eigenvalue weighted by atomic mass is 10.1. The summed E-state index contributed by atoms with van der Waals surface area (Å²) in [4.78, 5) is 0. The Morgan fingerprint density at radius 3 is 2.29 bits per heavy atom. The summed E-state index contributed by atoms with van der Waals surface area (Å²) < 4.78 is 5.75. The standard InChI is InChI=1S/C15H13NO/c1-11-3-8-15(12(2)9-11)17-14-6-4-13(10-16)5-7-14/h3-9H,1-2H3. The quantitative estimate of drug-likeness (QED) is 0.771. The van der Waals surface area contributed by atoms with Crippen LogP contribution in [0.25, 0.3) is 0 Å². The Kier molecular flexibility index (Phi) is 3.11. The van der Waals surface area contributed by atoms with Gasteiger partial charge in [0.05, 0.1) is 11.6 Å². The van der Waals surface area contributed by atoms with Crippen LogP contribution in [0.15, 0.2) is 42.5 Å². The monoisotopic (exact) mass is 223 g/mol. The maximum Gasteiger partial charge on any atom is 0.130 e. The molecule has 0 aliphatic carbocycles. The number of hydrogen-bond donors (Lipinski definition) is 0. The van der Waals surface area contributed by atoms with Crippen molar-refractivity contribution in [1.29, 1.82) is 5.26 Å². The highest BCUT2D eigenvalue weighted by atomic mass is 16.5. The lowest BCUT2D eigenvalue weighted by Crippen LogP contribution is -1.88. The van der Waals surface area contributed by atoms with Crippen LogP contribution in [0.3, 0.4) is 0 Å². The molecule has 0 amide bonds. The lowest BCUT2D eigenvalue weighted by molar-refractivity contribution is 0.478. The van der Waals surface area contributed by atoms with Gasteiger partial charge < -0.3 is 4.74 Å². The van der Waals surface area contributed by atoms with Gasteiger partial charge in [-0.05, 0) is 49.7 Å². The van der Waals surface area contributed by atoms with Crippen molar-refractivity contribution in [2.45, 2.75) is 13.8 Å². The predicted octanol–water partition coefficient (Wildman–Crippen LogP) is 3.97. The summed E-state index contributed by atoms with van der Waals surface area (Å²) in [5, 5.41) is 8.70. The molecule has 2 rings (SSSR count). The van der Waals surface area contributed by atoms with Crippen LogP contribution in [-0.2, 0) is 0 Å². The third-order valence-electron chi connectivity index (χ3n) is 2.54. The molecule has 0 saturated heterocycles. The van der Waals surface area contributed by atoms with E-state index in [9.17, 15) is 0 Å². The van der Waals surface area contributed by atoms with Crippen LogP contribution in [0, 0.1) is 25.2 Å². The molecule has 84 valence electrons. The molecule has 0 aliphatic rings. The number of aryl methyl sites for hydroxylation is 2. The van der Waals surface area contributed by atoms with Gasteiger partial charge in [0.15, 0.2) is 0 Å². The molecule has 0 unspecified atom stereocenters. The van der Waals surface area contributed by atoms with Crippen LogP contribution in [0.1, 0.15) is 16.7 Å². The second-order valence-electron chi connectivity index (χ2n) is 4.01. The van der Waals surface area contributed by atoms with Gasteiger partial charge in [-0.1, -0.05) is 17.7 Å². The number of hydrogen-bond acceptors (Lipinski definition) is 2. The molecule has 2 nitrogen and oxygen atoms in total. The third-order valence-corrected chi connectivity index (χ3v) is 2.54. The van der Waals surface area contributed by atoms with Crippen molar-refractivity contribution in [2.75, 3.05) is 0 Å². The van der Waals surface area contributed by atoms with Gasteiger partial charge in [-0.25, -0.2) is 0 Å². The first-order valence-electron chi connectivity index (χ1n) is 5.44. The first kappa shape index (κ1) is 11.2. The minimum Gasteiger partial charge on any atom is -0.457 e. The zero-order valence-electron chi connectivity index (χ0n) is 9.90. The van der Waals surface area contributed by atoms with Crippen molar-refractivity contribution in [3.05, 3.63) is 59.2 Å². The molecule has 0 saturated carbocycles. The van der Waals surface area contributed by atoms with Gasteiger partial charge in [0.1, 0.15) is 11.5 Å². The van der Waals surface area contributed by atoms with Crippen molar-refractivity contribution in [3.8, 4) is 17.6 Å². The van der Waals surface area contributed by atoms with Crippen molar-refractivity contribution in [3.63, 3.8) is 0 Å². The van der Waals surface area contributed by atoms with Crippen LogP contribution in [0.5, 0.6) is 11.5 Å². The Morgan fingerprint density at radius 2 is 1.71 bits per heavy atom. The first-order chi connectivity index (χ1) is 8.19. The van der Waals surface area contributed by atoms with Gasteiger partial charge in [0.25, 0.3) is 0 Å². The highest BCUT2D eigenvalue weighted by Crippen LogP contribution is 2.25. The van der Waals surface area contributed by atoms with Gasteiger partial charge in [0.2, 0.25) is 0 Å². The van der Waals surface area contributed by atoms with E-state index >= 15 is 0 Å². The van der Waals surface area contributed by atoms with Crippen LogP contribution in [0.2, 0.25) is 0 Å². The van der Waals surface area contributed by atoms with Crippen molar-refractivity contribution >= 4 is 0 Å². The lowest BCUT2D eigenvalue weighted by Gasteiger charge is -2.09. The van der Waals surface area contributed by atoms with E-state index in [1.165, 1.54) is 5.56 Å². The molecule has 17 heavy (non-hydrogen) atoms. The molecule has 0 bridgehead atoms. The second-order valence-corrected chi connectivity index (χ2v) is 4.01. The molecule has 0 aliphatic heterocycles. The zero-order chi connectivity index (χ0) is 12.3. The molecule has 0 N–H and O–H groups in total. The molecule has 2 aromatic carbocycles. The molecule has 0 radical (unpaired) electrons. The molecule has 0 atom stereocenters. The molecular weight excluding hydrogens is 210 g/mol. The summed E-state index contributed by atoms with van der Waals surface area (Å²) in [6.45, 7) is 4.07. The summed E-state index contributed by atoms with van der Waals surface area (Å²) in [6.07, 6.45) is 0. The van der Waals surface area contributed by atoms with Crippen LogP contribution in [-0.4, -0.2) is 0 Å². The molecule has 0 spiro atoms. The van der Waals surface area contributed by atoms with Crippen LogP contribution < -0.4 is 4.74 Å². The van der Waals surface area contributed by atoms with Gasteiger partial charge >= 0.3 is 0 Å². The topological polar surface area (TPSA) is 33.0 Å². The van der Waals surface area contributed by atoms with E-state index in [1.54, 1.807) is 24.3 Å². The Morgan fingerprint density at radius 1 is 1.00 bits per heavy atom. The number of ether oxygens (including phenoxy) is 1. The SMILES string of the molecule is Cc1ccc(Oc2ccc(C#N)cc2)c(C)c1. The Hall–Kier alpha value is -2.27. The van der Waals surface area contributed by atoms with Crippen molar-refractivity contribution < 1.29 is 4.74 Å². The second kappa shape index (κ2) is 4.71. The average Bonchev–Trinajstić information content (AvgIpc) is 2.34. The van der Waals surface area contributed by atoms with E-state index in [0.717, 1.165) is 17.1 Å². The van der Waals surface area contributed by atoms with E-state index in [-0.39, 0.29) is 0 Å². The average molecular weight is 223 g/mol. The minimum absolute atomic E-state index is 0.637. The fourth-order valence-electron chi connectivity index (χ4n) is 1.64. The number of rotatable bonds is 2. The van der Waals surface area contributed by atoms with Crippen LogP contribution in [0.4, 0.5) is 0 Å². The molecule has 0 fully saturated rings. The first-order valence-corrected chi connectivity index (χ1v) is 5.44. The largest absolute Gasteiger partial charge is 0.457 e. The summed E-state index contributed by atoms with van der Waals surface area (Å²) in [5.74, 6) is 1.59. The highest BCUT2D eigenvalue weighted by molar-refractivity contribution is 5.41. The van der Waals surface area contributed by atoms with Crippen molar-refractivity contribution in [2.24, 2.45) is 0 Å². The third kappa shape index (κ3) is 2.64. The zero-order valence-corrected chi connectivity index (χ0v) is 9.90. The Balaban J connectivity index is 2.23. The molecular formula is C15H13NO. The highest BCUT2D eigenvalue weighted by Gasteiger charge is 2.01. The summed E-state index contributed by atoms with van der Waals surface area (Å²) in [6, 6.07) is 15.2. The normalized spacial score (nSPS) is 9.71. The summed E-state index contributed by atoms with van der Waals surface area (Å²) >= 11 is 0. The smallest absolute Gasteiger partial charge is 0.130 e. The van der Waals surface area contributed by atoms with E-state index < -0.39 is 0 Å². The van der Waals surface area contributed by atoms with E-state index in [1.807, 2.05) is 19.1 Å². The maximum absolute atomic E-state index is 8.70. The molecule has 0 aromatic heterocycles. The minimum atomic E-state index is 0.637. The Bertz CT molecular complexity index is 564. The molecule has 2 aromatic rings. The van der Waals surface area contributed by atoms with Gasteiger partial charge in [-0.2, -0.15) is 5.26 Å². The summed E-state index contributed by atoms with van der Waals surface area (Å²) in [5.41, 5.74) is 2.96. The number of nitrogens with zero attached hydrogens (tertiary/aromatic N) is 1. The number of nitriles is 1. The predicted molar refractivity (Wildman–Crippen MR) is 67.1 cm³/mol. The van der Waals surface area contributed by atoms with Crippen molar-refractivity contribution in [1.82, 2.24) is 0 Å². The Labute approximate surface area is 101 Å². The van der Waals surface area contributed by atoms with E-state index in [2.05, 4.69) is 19.1 Å². The fraction of sp³-hybridized carbons (Fsp3) is 0.133. The van der Waals surface area contributed by atoms with E-state index in [0.29, 0.717) is 5.56 Å². The van der Waals surface area contributed by atoms with Crippen LogP contribution >= 0.6 is 0 Å². The maximum atomic E-state index is 8.70. The van der Waals surface area contributed by atoms with E-state index in [4.69, 9.17) is 10.00 Å². The summed E-state index contributed by atoms with van der Waals surface area (Å²) in [7, 11) is 0. The molecule has 2 heteroatoms. The van der Waals surface area contributed by atoms with Gasteiger partial charge in [-0.15, -0.1) is 0 Å². The fourth-order valence-corrected chi connectivity index (χ4v) is 1.64. The number of benzene rings is 2. The van der Waals surface area contributed by atoms with Gasteiger partial charge in [0, 0.05) is 0 Å². The molecule has 0 heterocycles.